The van der Waals surface area contributed by atoms with Crippen LogP contribution in [0.5, 0.6) is 0 Å². The van der Waals surface area contributed by atoms with Gasteiger partial charge in [0.2, 0.25) is 5.16 Å². The van der Waals surface area contributed by atoms with Crippen LogP contribution in [0.15, 0.2) is 41.6 Å². The Morgan fingerprint density at radius 3 is 2.76 bits per heavy atom. The summed E-state index contributed by atoms with van der Waals surface area (Å²) in [6.07, 6.45) is 1.83. The number of benzene rings is 2. The number of halogens is 3. The summed E-state index contributed by atoms with van der Waals surface area (Å²) in [6.45, 7) is 0. The lowest BCUT2D eigenvalue weighted by molar-refractivity contribution is 0.102. The van der Waals surface area contributed by atoms with Crippen LogP contribution in [0.2, 0.25) is 5.02 Å². The van der Waals surface area contributed by atoms with Gasteiger partial charge in [0, 0.05) is 5.69 Å². The first-order valence-corrected chi connectivity index (χ1v) is 8.48. The second-order valence-corrected chi connectivity index (χ2v) is 6.01. The third-order valence-electron chi connectivity index (χ3n) is 3.23. The molecule has 6 nitrogen and oxygen atoms in total. The van der Waals surface area contributed by atoms with Crippen LogP contribution in [-0.2, 0) is 0 Å². The van der Waals surface area contributed by atoms with Crippen molar-refractivity contribution in [1.82, 2.24) is 20.2 Å². The molecule has 0 aliphatic heterocycles. The highest BCUT2D eigenvalue weighted by Crippen LogP contribution is 2.23. The van der Waals surface area contributed by atoms with E-state index in [1.807, 2.05) is 6.26 Å². The lowest BCUT2D eigenvalue weighted by Crippen LogP contribution is -2.13. The zero-order chi connectivity index (χ0) is 18.0. The fraction of sp³-hybridized carbons (Fsp3) is 0.0667. The van der Waals surface area contributed by atoms with Crippen molar-refractivity contribution in [2.75, 3.05) is 11.6 Å². The number of anilines is 1. The topological polar surface area (TPSA) is 72.7 Å². The van der Waals surface area contributed by atoms with Crippen molar-refractivity contribution >= 4 is 35.0 Å². The number of tetrazole rings is 1. The molecule has 0 atom stereocenters. The zero-order valence-corrected chi connectivity index (χ0v) is 14.3. The average Bonchev–Trinajstić information content (AvgIpc) is 3.07. The molecule has 0 fully saturated rings. The van der Waals surface area contributed by atoms with Gasteiger partial charge in [0.05, 0.1) is 16.3 Å². The van der Waals surface area contributed by atoms with E-state index in [1.165, 1.54) is 16.4 Å². The molecule has 0 spiro atoms. The van der Waals surface area contributed by atoms with E-state index in [4.69, 9.17) is 11.6 Å². The minimum Gasteiger partial charge on any atom is -0.322 e. The minimum atomic E-state index is -1.15. The molecule has 0 saturated carbocycles. The molecule has 0 radical (unpaired) electrons. The van der Waals surface area contributed by atoms with Crippen LogP contribution < -0.4 is 5.32 Å². The Kier molecular flexibility index (Phi) is 4.95. The molecule has 128 valence electrons. The highest BCUT2D eigenvalue weighted by molar-refractivity contribution is 7.98. The molecule has 0 bridgehead atoms. The van der Waals surface area contributed by atoms with Crippen molar-refractivity contribution in [2.45, 2.75) is 5.16 Å². The summed E-state index contributed by atoms with van der Waals surface area (Å²) in [6, 6.07) is 8.25. The number of rotatable bonds is 4. The van der Waals surface area contributed by atoms with Crippen molar-refractivity contribution in [2.24, 2.45) is 0 Å². The van der Waals surface area contributed by atoms with Gasteiger partial charge in [-0.25, -0.2) is 8.78 Å². The normalized spacial score (nSPS) is 10.7. The maximum atomic E-state index is 13.4. The molecule has 0 saturated heterocycles. The Bertz CT molecular complexity index is 949. The van der Waals surface area contributed by atoms with E-state index in [-0.39, 0.29) is 10.6 Å². The van der Waals surface area contributed by atoms with E-state index in [0.717, 1.165) is 12.1 Å². The predicted octanol–water partition coefficient (Wildman–Crippen LogP) is 3.57. The number of thioether (sulfide) groups is 1. The van der Waals surface area contributed by atoms with E-state index < -0.39 is 17.5 Å². The van der Waals surface area contributed by atoms with Crippen LogP contribution in [0.1, 0.15) is 10.4 Å². The fourth-order valence-corrected chi connectivity index (χ4v) is 2.75. The zero-order valence-electron chi connectivity index (χ0n) is 12.7. The van der Waals surface area contributed by atoms with Crippen LogP contribution in [0.4, 0.5) is 14.5 Å². The summed E-state index contributed by atoms with van der Waals surface area (Å²) in [7, 11) is 0. The third-order valence-corrected chi connectivity index (χ3v) is 4.16. The monoisotopic (exact) mass is 381 g/mol. The summed E-state index contributed by atoms with van der Waals surface area (Å²) in [4.78, 5) is 12.3. The molecule has 2 aromatic carbocycles. The molecule has 3 aromatic rings. The third kappa shape index (κ3) is 3.62. The number of carbonyl (C=O) groups excluding carboxylic acids is 1. The van der Waals surface area contributed by atoms with Gasteiger partial charge in [0.15, 0.2) is 11.6 Å². The summed E-state index contributed by atoms with van der Waals surface area (Å²) >= 11 is 7.18. The largest absolute Gasteiger partial charge is 0.322 e. The van der Waals surface area contributed by atoms with E-state index in [1.54, 1.807) is 24.3 Å². The first kappa shape index (κ1) is 17.3. The fourth-order valence-electron chi connectivity index (χ4n) is 2.08. The maximum absolute atomic E-state index is 13.4. The average molecular weight is 382 g/mol. The summed E-state index contributed by atoms with van der Waals surface area (Å²) < 4.78 is 28.0. The van der Waals surface area contributed by atoms with E-state index in [2.05, 4.69) is 20.8 Å². The van der Waals surface area contributed by atoms with Gasteiger partial charge in [-0.05, 0) is 47.0 Å². The molecule has 0 unspecified atom stereocenters. The van der Waals surface area contributed by atoms with Crippen molar-refractivity contribution in [3.05, 3.63) is 58.6 Å². The van der Waals surface area contributed by atoms with Gasteiger partial charge in [0.25, 0.3) is 5.91 Å². The first-order valence-electron chi connectivity index (χ1n) is 6.88. The van der Waals surface area contributed by atoms with E-state index >= 15 is 0 Å². The molecule has 10 heteroatoms. The molecule has 3 rings (SSSR count). The van der Waals surface area contributed by atoms with Gasteiger partial charge < -0.3 is 5.32 Å². The van der Waals surface area contributed by atoms with Crippen molar-refractivity contribution in [3.63, 3.8) is 0 Å². The SMILES string of the molecule is CSc1nnnn1-c1cccc(NC(=O)c2cc(F)c(F)cc2Cl)c1. The first-order chi connectivity index (χ1) is 12.0. The number of hydrogen-bond acceptors (Lipinski definition) is 5. The number of aromatic nitrogens is 4. The van der Waals surface area contributed by atoms with Crippen LogP contribution in [0.3, 0.4) is 0 Å². The second-order valence-electron chi connectivity index (χ2n) is 4.83. The molecule has 1 aromatic heterocycles. The second kappa shape index (κ2) is 7.16. The van der Waals surface area contributed by atoms with Crippen molar-refractivity contribution < 1.29 is 13.6 Å². The maximum Gasteiger partial charge on any atom is 0.257 e. The Balaban J connectivity index is 1.88. The number of amides is 1. The van der Waals surface area contributed by atoms with E-state index in [9.17, 15) is 13.6 Å². The number of nitrogens with one attached hydrogen (secondary N) is 1. The number of carbonyl (C=O) groups is 1. The highest BCUT2D eigenvalue weighted by Gasteiger charge is 2.16. The van der Waals surface area contributed by atoms with Gasteiger partial charge in [-0.15, -0.1) is 5.10 Å². The Labute approximate surface area is 150 Å². The van der Waals surface area contributed by atoms with Gasteiger partial charge in [-0.2, -0.15) is 4.68 Å². The minimum absolute atomic E-state index is 0.168. The van der Waals surface area contributed by atoms with Crippen molar-refractivity contribution in [1.29, 1.82) is 0 Å². The molecule has 1 amide bonds. The highest BCUT2D eigenvalue weighted by atomic mass is 35.5. The predicted molar refractivity (Wildman–Crippen MR) is 90.3 cm³/mol. The molecule has 0 aliphatic carbocycles. The summed E-state index contributed by atoms with van der Waals surface area (Å²) in [5.74, 6) is -2.93. The Morgan fingerprint density at radius 2 is 2.00 bits per heavy atom. The smallest absolute Gasteiger partial charge is 0.257 e. The summed E-state index contributed by atoms with van der Waals surface area (Å²) in [5.41, 5.74) is 0.882. The van der Waals surface area contributed by atoms with Crippen molar-refractivity contribution in [3.8, 4) is 5.69 Å². The van der Waals surface area contributed by atoms with Crippen LogP contribution in [-0.4, -0.2) is 32.4 Å². The summed E-state index contributed by atoms with van der Waals surface area (Å²) in [5, 5.41) is 14.3. The van der Waals surface area contributed by atoms with Crippen LogP contribution in [0.25, 0.3) is 5.69 Å². The lowest BCUT2D eigenvalue weighted by atomic mass is 10.2. The molecule has 0 aliphatic rings. The Hall–Kier alpha value is -2.52. The standard InChI is InChI=1S/C15H10ClF2N5OS/c1-25-15-20-21-22-23(15)9-4-2-3-8(5-9)19-14(24)10-6-12(17)13(18)7-11(10)16/h2-7H,1H3,(H,19,24). The van der Waals surface area contributed by atoms with Crippen LogP contribution >= 0.6 is 23.4 Å². The van der Waals surface area contributed by atoms with Gasteiger partial charge in [0.1, 0.15) is 0 Å². The molecular formula is C15H10ClF2N5OS. The Morgan fingerprint density at radius 1 is 1.24 bits per heavy atom. The molecule has 1 N–H and O–H groups in total. The molecule has 25 heavy (non-hydrogen) atoms. The molecule has 1 heterocycles. The van der Waals surface area contributed by atoms with Gasteiger partial charge >= 0.3 is 0 Å². The van der Waals surface area contributed by atoms with Crippen LogP contribution in [0, 0.1) is 11.6 Å². The quantitative estimate of drug-likeness (QED) is 0.552. The number of nitrogens with zero attached hydrogens (tertiary/aromatic N) is 4. The lowest BCUT2D eigenvalue weighted by Gasteiger charge is -2.09. The number of hydrogen-bond donors (Lipinski definition) is 1. The van der Waals surface area contributed by atoms with E-state index in [0.29, 0.717) is 16.5 Å². The van der Waals surface area contributed by atoms with Gasteiger partial charge in [-0.1, -0.05) is 29.4 Å². The van der Waals surface area contributed by atoms with Gasteiger partial charge in [-0.3, -0.25) is 4.79 Å². The molecular weight excluding hydrogens is 372 g/mol.